The number of hydrogen-bond donors (Lipinski definition) is 1. The Morgan fingerprint density at radius 1 is 1.05 bits per heavy atom. The Morgan fingerprint density at radius 2 is 1.84 bits per heavy atom. The Hall–Kier alpha value is -1.67. The third-order valence-corrected chi connectivity index (χ3v) is 3.40. The van der Waals surface area contributed by atoms with Gasteiger partial charge in [0, 0.05) is 18.4 Å². The minimum atomic E-state index is 0.374. The van der Waals surface area contributed by atoms with Crippen molar-refractivity contribution < 1.29 is 0 Å². The van der Waals surface area contributed by atoms with Gasteiger partial charge in [0.25, 0.3) is 0 Å². The van der Waals surface area contributed by atoms with Crippen molar-refractivity contribution in [2.75, 3.05) is 6.54 Å². The first-order chi connectivity index (χ1) is 9.33. The fourth-order valence-corrected chi connectivity index (χ4v) is 2.34. The molecule has 0 amide bonds. The zero-order valence-electron chi connectivity index (χ0n) is 11.8. The number of pyridine rings is 1. The summed E-state index contributed by atoms with van der Waals surface area (Å²) in [4.78, 5) is 4.08. The molecule has 100 valence electrons. The molecule has 1 heterocycles. The minimum absolute atomic E-state index is 0.374. The Balaban J connectivity index is 2.19. The average Bonchev–Trinajstić information content (AvgIpc) is 2.48. The van der Waals surface area contributed by atoms with E-state index in [1.165, 1.54) is 16.7 Å². The molecule has 2 nitrogen and oxygen atoms in total. The molecule has 0 saturated carbocycles. The highest BCUT2D eigenvalue weighted by Gasteiger charge is 2.11. The molecule has 1 atom stereocenters. The van der Waals surface area contributed by atoms with Gasteiger partial charge < -0.3 is 5.32 Å². The Labute approximate surface area is 115 Å². The van der Waals surface area contributed by atoms with Crippen LogP contribution in [0, 0.1) is 0 Å². The summed E-state index contributed by atoms with van der Waals surface area (Å²) in [6, 6.07) is 13.4. The lowest BCUT2D eigenvalue weighted by Crippen LogP contribution is -2.23. The predicted molar refractivity (Wildman–Crippen MR) is 80.2 cm³/mol. The number of nitrogens with one attached hydrogen (secondary N) is 1. The number of aromatic nitrogens is 1. The third-order valence-electron chi connectivity index (χ3n) is 3.40. The summed E-state index contributed by atoms with van der Waals surface area (Å²) < 4.78 is 0. The molecule has 0 spiro atoms. The Bertz CT molecular complexity index is 494. The van der Waals surface area contributed by atoms with Gasteiger partial charge in [0.05, 0.1) is 0 Å². The standard InChI is InChI=1S/C17H22N2/c1-3-14-6-5-7-16(12-14)17(19-4-2)13-15-8-10-18-11-9-15/h5-12,17,19H,3-4,13H2,1-2H3. The van der Waals surface area contributed by atoms with Crippen LogP contribution in [-0.2, 0) is 12.8 Å². The van der Waals surface area contributed by atoms with Gasteiger partial charge in [-0.2, -0.15) is 0 Å². The smallest absolute Gasteiger partial charge is 0.0360 e. The van der Waals surface area contributed by atoms with Crippen LogP contribution in [0.5, 0.6) is 0 Å². The average molecular weight is 254 g/mol. The van der Waals surface area contributed by atoms with Crippen LogP contribution in [0.3, 0.4) is 0 Å². The van der Waals surface area contributed by atoms with Crippen LogP contribution in [0.15, 0.2) is 48.8 Å². The highest BCUT2D eigenvalue weighted by Crippen LogP contribution is 2.19. The van der Waals surface area contributed by atoms with Crippen LogP contribution >= 0.6 is 0 Å². The van der Waals surface area contributed by atoms with E-state index in [4.69, 9.17) is 0 Å². The third kappa shape index (κ3) is 3.90. The zero-order valence-corrected chi connectivity index (χ0v) is 11.8. The normalized spacial score (nSPS) is 12.3. The van der Waals surface area contributed by atoms with Crippen LogP contribution in [-0.4, -0.2) is 11.5 Å². The molecule has 2 aromatic rings. The summed E-state index contributed by atoms with van der Waals surface area (Å²) in [6.45, 7) is 5.33. The Kier molecular flexibility index (Phi) is 5.10. The lowest BCUT2D eigenvalue weighted by molar-refractivity contribution is 0.549. The van der Waals surface area contributed by atoms with Crippen molar-refractivity contribution >= 4 is 0 Å². The lowest BCUT2D eigenvalue weighted by atomic mass is 9.97. The van der Waals surface area contributed by atoms with Crippen molar-refractivity contribution in [1.29, 1.82) is 0 Å². The number of likely N-dealkylation sites (N-methyl/N-ethyl adjacent to an activating group) is 1. The first-order valence-electron chi connectivity index (χ1n) is 7.04. The summed E-state index contributed by atoms with van der Waals surface area (Å²) in [5.41, 5.74) is 4.09. The molecule has 0 saturated heterocycles. The molecule has 1 aromatic heterocycles. The molecule has 0 aliphatic heterocycles. The summed E-state index contributed by atoms with van der Waals surface area (Å²) in [5, 5.41) is 3.58. The van der Waals surface area contributed by atoms with E-state index in [1.807, 2.05) is 12.4 Å². The number of nitrogens with zero attached hydrogens (tertiary/aromatic N) is 1. The molecule has 2 heteroatoms. The highest BCUT2D eigenvalue weighted by molar-refractivity contribution is 5.28. The maximum atomic E-state index is 4.08. The molecular formula is C17H22N2. The molecule has 0 radical (unpaired) electrons. The van der Waals surface area contributed by atoms with Crippen LogP contribution in [0.4, 0.5) is 0 Å². The summed E-state index contributed by atoms with van der Waals surface area (Å²) in [7, 11) is 0. The highest BCUT2D eigenvalue weighted by atomic mass is 14.9. The second kappa shape index (κ2) is 7.05. The largest absolute Gasteiger partial charge is 0.310 e. The van der Waals surface area contributed by atoms with Gasteiger partial charge in [0.2, 0.25) is 0 Å². The van der Waals surface area contributed by atoms with Crippen LogP contribution in [0.25, 0.3) is 0 Å². The maximum Gasteiger partial charge on any atom is 0.0360 e. The molecule has 1 unspecified atom stereocenters. The number of rotatable bonds is 6. The van der Waals surface area contributed by atoms with Gasteiger partial charge in [-0.15, -0.1) is 0 Å². The minimum Gasteiger partial charge on any atom is -0.310 e. The number of benzene rings is 1. The van der Waals surface area contributed by atoms with Gasteiger partial charge in [-0.25, -0.2) is 0 Å². The van der Waals surface area contributed by atoms with E-state index in [-0.39, 0.29) is 0 Å². The maximum absolute atomic E-state index is 4.08. The van der Waals surface area contributed by atoms with Crippen LogP contribution in [0.2, 0.25) is 0 Å². The SMILES string of the molecule is CCNC(Cc1ccncc1)c1cccc(CC)c1. The second-order valence-corrected chi connectivity index (χ2v) is 4.77. The molecule has 1 aromatic carbocycles. The first kappa shape index (κ1) is 13.8. The van der Waals surface area contributed by atoms with E-state index in [0.717, 1.165) is 19.4 Å². The second-order valence-electron chi connectivity index (χ2n) is 4.77. The van der Waals surface area contributed by atoms with E-state index in [1.54, 1.807) is 0 Å². The quantitative estimate of drug-likeness (QED) is 0.853. The monoisotopic (exact) mass is 254 g/mol. The Morgan fingerprint density at radius 3 is 2.53 bits per heavy atom. The molecule has 0 aliphatic rings. The van der Waals surface area contributed by atoms with E-state index in [9.17, 15) is 0 Å². The van der Waals surface area contributed by atoms with Gasteiger partial charge in [-0.05, 0) is 48.2 Å². The topological polar surface area (TPSA) is 24.9 Å². The van der Waals surface area contributed by atoms with Gasteiger partial charge in [-0.1, -0.05) is 38.1 Å². The van der Waals surface area contributed by atoms with Gasteiger partial charge in [0.1, 0.15) is 0 Å². The lowest BCUT2D eigenvalue weighted by Gasteiger charge is -2.19. The van der Waals surface area contributed by atoms with E-state index in [0.29, 0.717) is 6.04 Å². The zero-order chi connectivity index (χ0) is 13.5. The molecule has 0 fully saturated rings. The molecule has 0 bridgehead atoms. The van der Waals surface area contributed by atoms with Crippen LogP contribution < -0.4 is 5.32 Å². The van der Waals surface area contributed by atoms with Crippen LogP contribution in [0.1, 0.15) is 36.6 Å². The van der Waals surface area contributed by atoms with E-state index in [2.05, 4.69) is 60.5 Å². The molecule has 1 N–H and O–H groups in total. The summed E-state index contributed by atoms with van der Waals surface area (Å²) in [5.74, 6) is 0. The van der Waals surface area contributed by atoms with Crippen molar-refractivity contribution in [3.8, 4) is 0 Å². The number of hydrogen-bond acceptors (Lipinski definition) is 2. The van der Waals surface area contributed by atoms with Gasteiger partial charge >= 0.3 is 0 Å². The van der Waals surface area contributed by atoms with Crippen molar-refractivity contribution in [3.63, 3.8) is 0 Å². The van der Waals surface area contributed by atoms with Crippen molar-refractivity contribution in [1.82, 2.24) is 10.3 Å². The predicted octanol–water partition coefficient (Wildman–Crippen LogP) is 3.54. The molecular weight excluding hydrogens is 232 g/mol. The van der Waals surface area contributed by atoms with Crippen molar-refractivity contribution in [2.24, 2.45) is 0 Å². The van der Waals surface area contributed by atoms with Gasteiger partial charge in [-0.3, -0.25) is 4.98 Å². The fourth-order valence-electron chi connectivity index (χ4n) is 2.34. The summed E-state index contributed by atoms with van der Waals surface area (Å²) >= 11 is 0. The molecule has 19 heavy (non-hydrogen) atoms. The molecule has 0 aliphatic carbocycles. The van der Waals surface area contributed by atoms with E-state index >= 15 is 0 Å². The fraction of sp³-hybridized carbons (Fsp3) is 0.353. The van der Waals surface area contributed by atoms with Gasteiger partial charge in [0.15, 0.2) is 0 Å². The first-order valence-corrected chi connectivity index (χ1v) is 7.04. The molecule has 2 rings (SSSR count). The van der Waals surface area contributed by atoms with Crippen molar-refractivity contribution in [2.45, 2.75) is 32.7 Å². The van der Waals surface area contributed by atoms with E-state index < -0.39 is 0 Å². The summed E-state index contributed by atoms with van der Waals surface area (Å²) in [6.07, 6.45) is 5.81. The number of aryl methyl sites for hydroxylation is 1. The van der Waals surface area contributed by atoms with Crippen molar-refractivity contribution in [3.05, 3.63) is 65.5 Å².